The van der Waals surface area contributed by atoms with E-state index in [4.69, 9.17) is 23.2 Å². The average Bonchev–Trinajstić information content (AvgIpc) is 2.78. The molecule has 35 heavy (non-hydrogen) atoms. The van der Waals surface area contributed by atoms with E-state index in [0.717, 1.165) is 34.5 Å². The topological polar surface area (TPSA) is 86.8 Å². The normalized spacial score (nSPS) is 12.2. The Hall–Kier alpha value is -2.29. The molecule has 0 bridgehead atoms. The van der Waals surface area contributed by atoms with Gasteiger partial charge in [-0.3, -0.25) is 13.9 Å². The van der Waals surface area contributed by atoms with Crippen molar-refractivity contribution < 1.29 is 18.0 Å². The smallest absolute Gasteiger partial charge is 0.244 e. The Bertz CT molecular complexity index is 1140. The molecule has 0 aliphatic rings. The largest absolute Gasteiger partial charge is 0.354 e. The van der Waals surface area contributed by atoms with Gasteiger partial charge in [-0.2, -0.15) is 0 Å². The predicted molar refractivity (Wildman–Crippen MR) is 142 cm³/mol. The molecule has 2 amide bonds. The van der Waals surface area contributed by atoms with Crippen LogP contribution in [0.3, 0.4) is 0 Å². The molecule has 0 aliphatic carbocycles. The maximum atomic E-state index is 13.6. The second-order valence-electron chi connectivity index (χ2n) is 8.45. The van der Waals surface area contributed by atoms with Crippen molar-refractivity contribution in [3.63, 3.8) is 0 Å². The van der Waals surface area contributed by atoms with Crippen molar-refractivity contribution >= 4 is 50.7 Å². The van der Waals surface area contributed by atoms with Gasteiger partial charge in [0.1, 0.15) is 12.6 Å². The average molecular weight is 543 g/mol. The van der Waals surface area contributed by atoms with Crippen molar-refractivity contribution in [3.8, 4) is 0 Å². The van der Waals surface area contributed by atoms with E-state index in [1.165, 1.54) is 23.1 Å². The lowest BCUT2D eigenvalue weighted by Gasteiger charge is -2.33. The Morgan fingerprint density at radius 1 is 1.06 bits per heavy atom. The first-order valence-electron chi connectivity index (χ1n) is 11.5. The highest BCUT2D eigenvalue weighted by Crippen LogP contribution is 2.28. The van der Waals surface area contributed by atoms with Gasteiger partial charge in [-0.25, -0.2) is 8.42 Å². The highest BCUT2D eigenvalue weighted by molar-refractivity contribution is 7.92. The molecule has 0 saturated carbocycles. The minimum atomic E-state index is -3.84. The van der Waals surface area contributed by atoms with Crippen LogP contribution in [-0.4, -0.2) is 50.5 Å². The second-order valence-corrected chi connectivity index (χ2v) is 11.2. The maximum Gasteiger partial charge on any atom is 0.244 e. The maximum absolute atomic E-state index is 13.6. The zero-order valence-electron chi connectivity index (χ0n) is 20.6. The van der Waals surface area contributed by atoms with Crippen LogP contribution in [0.2, 0.25) is 10.0 Å². The quantitative estimate of drug-likeness (QED) is 0.391. The molecule has 10 heteroatoms. The third kappa shape index (κ3) is 8.40. The van der Waals surface area contributed by atoms with Crippen LogP contribution < -0.4 is 9.62 Å². The number of hydrogen-bond donors (Lipinski definition) is 1. The monoisotopic (exact) mass is 541 g/mol. The molecule has 0 radical (unpaired) electrons. The molecule has 0 aromatic heterocycles. The molecule has 2 aromatic rings. The number of carbonyl (C=O) groups excluding carboxylic acids is 2. The van der Waals surface area contributed by atoms with Crippen molar-refractivity contribution in [1.29, 1.82) is 0 Å². The number of aryl methyl sites for hydroxylation is 1. The summed E-state index contributed by atoms with van der Waals surface area (Å²) in [6.07, 6.45) is 3.15. The highest BCUT2D eigenvalue weighted by atomic mass is 35.5. The molecular weight excluding hydrogens is 509 g/mol. The molecule has 1 atom stereocenters. The number of hydrogen-bond acceptors (Lipinski definition) is 4. The number of anilines is 1. The van der Waals surface area contributed by atoms with Crippen molar-refractivity contribution in [1.82, 2.24) is 10.2 Å². The van der Waals surface area contributed by atoms with E-state index in [0.29, 0.717) is 13.0 Å². The van der Waals surface area contributed by atoms with E-state index in [2.05, 4.69) is 5.32 Å². The summed E-state index contributed by atoms with van der Waals surface area (Å²) >= 11 is 12.1. The molecule has 2 rings (SSSR count). The molecule has 7 nitrogen and oxygen atoms in total. The highest BCUT2D eigenvalue weighted by Gasteiger charge is 2.31. The Morgan fingerprint density at radius 3 is 2.34 bits per heavy atom. The van der Waals surface area contributed by atoms with Crippen LogP contribution >= 0.6 is 23.2 Å². The lowest BCUT2D eigenvalue weighted by molar-refractivity contribution is -0.140. The zero-order valence-corrected chi connectivity index (χ0v) is 22.9. The summed E-state index contributed by atoms with van der Waals surface area (Å²) in [6.45, 7) is 5.99. The summed E-state index contributed by atoms with van der Waals surface area (Å²) in [7, 11) is -3.84. The number of unbranched alkanes of at least 4 members (excludes halogenated alkanes) is 1. The number of amides is 2. The van der Waals surface area contributed by atoms with Gasteiger partial charge in [0.15, 0.2) is 0 Å². The number of sulfonamides is 1. The van der Waals surface area contributed by atoms with Crippen LogP contribution in [0.5, 0.6) is 0 Å². The van der Waals surface area contributed by atoms with Gasteiger partial charge < -0.3 is 10.2 Å². The molecule has 1 N–H and O–H groups in total. The third-order valence-corrected chi connectivity index (χ3v) is 7.40. The third-order valence-electron chi connectivity index (χ3n) is 5.52. The van der Waals surface area contributed by atoms with E-state index < -0.39 is 28.5 Å². The van der Waals surface area contributed by atoms with Gasteiger partial charge in [-0.1, -0.05) is 73.3 Å². The van der Waals surface area contributed by atoms with Gasteiger partial charge in [0.2, 0.25) is 21.8 Å². The number of carbonyl (C=O) groups is 2. The van der Waals surface area contributed by atoms with Gasteiger partial charge in [-0.15, -0.1) is 0 Å². The first-order chi connectivity index (χ1) is 16.5. The van der Waals surface area contributed by atoms with Crippen LogP contribution in [0.15, 0.2) is 42.5 Å². The fraction of sp³-hybridized carbons (Fsp3) is 0.440. The Labute approximate surface area is 218 Å². The van der Waals surface area contributed by atoms with Crippen LogP contribution in [0.1, 0.15) is 44.2 Å². The minimum absolute atomic E-state index is 0.166. The molecule has 192 valence electrons. The van der Waals surface area contributed by atoms with E-state index in [1.54, 1.807) is 0 Å². The summed E-state index contributed by atoms with van der Waals surface area (Å²) in [6, 6.07) is 11.3. The van der Waals surface area contributed by atoms with Crippen LogP contribution in [0, 0.1) is 6.92 Å². The van der Waals surface area contributed by atoms with Gasteiger partial charge in [0.25, 0.3) is 0 Å². The molecule has 0 spiro atoms. The van der Waals surface area contributed by atoms with Crippen LogP contribution in [0.25, 0.3) is 0 Å². The number of nitrogens with one attached hydrogen (secondary N) is 1. The first kappa shape index (κ1) is 28.9. The van der Waals surface area contributed by atoms with E-state index in [1.807, 2.05) is 45.0 Å². The molecule has 2 aromatic carbocycles. The SMILES string of the molecule is CCCCNC(=O)[C@@H](CC)N(Cc1cccc(C)c1)C(=O)CN(c1ccc(Cl)c(Cl)c1)S(C)(=O)=O. The number of benzene rings is 2. The lowest BCUT2D eigenvalue weighted by atomic mass is 10.1. The van der Waals surface area contributed by atoms with E-state index in [-0.39, 0.29) is 28.2 Å². The van der Waals surface area contributed by atoms with E-state index in [9.17, 15) is 18.0 Å². The van der Waals surface area contributed by atoms with Crippen molar-refractivity contribution in [3.05, 3.63) is 63.6 Å². The molecule has 0 heterocycles. The van der Waals surface area contributed by atoms with Gasteiger partial charge >= 0.3 is 0 Å². The summed E-state index contributed by atoms with van der Waals surface area (Å²) < 4.78 is 26.2. The fourth-order valence-electron chi connectivity index (χ4n) is 3.69. The van der Waals surface area contributed by atoms with Crippen molar-refractivity contribution in [2.45, 2.75) is 52.6 Å². The second kappa shape index (κ2) is 13.1. The lowest BCUT2D eigenvalue weighted by Crippen LogP contribution is -2.52. The number of rotatable bonds is 12. The first-order valence-corrected chi connectivity index (χ1v) is 14.1. The fourth-order valence-corrected chi connectivity index (χ4v) is 4.82. The minimum Gasteiger partial charge on any atom is -0.354 e. The van der Waals surface area contributed by atoms with Crippen LogP contribution in [0.4, 0.5) is 5.69 Å². The van der Waals surface area contributed by atoms with E-state index >= 15 is 0 Å². The zero-order chi connectivity index (χ0) is 26.2. The van der Waals surface area contributed by atoms with Crippen molar-refractivity contribution in [2.24, 2.45) is 0 Å². The molecular formula is C25H33Cl2N3O4S. The molecule has 0 fully saturated rings. The summed E-state index contributed by atoms with van der Waals surface area (Å²) in [5.41, 5.74) is 2.08. The van der Waals surface area contributed by atoms with Crippen LogP contribution in [-0.2, 0) is 26.2 Å². The van der Waals surface area contributed by atoms with Crippen molar-refractivity contribution in [2.75, 3.05) is 23.7 Å². The summed E-state index contributed by atoms with van der Waals surface area (Å²) in [4.78, 5) is 28.1. The Kier molecular flexibility index (Phi) is 10.9. The summed E-state index contributed by atoms with van der Waals surface area (Å²) in [5, 5.41) is 3.34. The molecule has 0 aliphatic heterocycles. The molecule has 0 saturated heterocycles. The Morgan fingerprint density at radius 2 is 1.77 bits per heavy atom. The van der Waals surface area contributed by atoms with Gasteiger partial charge in [0, 0.05) is 13.1 Å². The number of halogens is 2. The van der Waals surface area contributed by atoms with Gasteiger partial charge in [-0.05, 0) is 43.5 Å². The molecule has 0 unspecified atom stereocenters. The Balaban J connectivity index is 2.42. The predicted octanol–water partition coefficient (Wildman–Crippen LogP) is 4.79. The number of nitrogens with zero attached hydrogens (tertiary/aromatic N) is 2. The summed E-state index contributed by atoms with van der Waals surface area (Å²) in [5.74, 6) is -0.761. The van der Waals surface area contributed by atoms with Gasteiger partial charge in [0.05, 0.1) is 22.0 Å². The standard InChI is InChI=1S/C25H33Cl2N3O4S/c1-5-7-13-28-25(32)23(6-2)29(16-19-10-8-9-18(3)14-19)24(31)17-30(35(4,33)34)20-11-12-21(26)22(27)15-20/h8-12,14-15,23H,5-7,13,16-17H2,1-4H3,(H,28,32)/t23-/m1/s1.